The number of non-ortho nitro benzene ring substituents is 1. The van der Waals surface area contributed by atoms with Crippen LogP contribution in [0, 0.1) is 10.1 Å². The number of rotatable bonds is 4. The second kappa shape index (κ2) is 6.19. The summed E-state index contributed by atoms with van der Waals surface area (Å²) in [5.41, 5.74) is 6.35. The molecule has 0 aromatic heterocycles. The highest BCUT2D eigenvalue weighted by molar-refractivity contribution is 5.90. The van der Waals surface area contributed by atoms with E-state index in [0.29, 0.717) is 5.69 Å². The lowest BCUT2D eigenvalue weighted by Gasteiger charge is -2.09. The summed E-state index contributed by atoms with van der Waals surface area (Å²) in [7, 11) is 0. The zero-order valence-corrected chi connectivity index (χ0v) is 10.4. The van der Waals surface area contributed by atoms with Crippen LogP contribution < -0.4 is 16.2 Å². The van der Waals surface area contributed by atoms with Gasteiger partial charge in [0.2, 0.25) is 0 Å². The largest absolute Gasteiger partial charge is 0.337 e. The van der Waals surface area contributed by atoms with Crippen molar-refractivity contribution in [3.05, 3.63) is 64.7 Å². The van der Waals surface area contributed by atoms with Crippen LogP contribution in [-0.4, -0.2) is 11.0 Å². The topological polar surface area (TPSA) is 96.3 Å². The van der Waals surface area contributed by atoms with Gasteiger partial charge in [-0.1, -0.05) is 18.2 Å². The Morgan fingerprint density at radius 1 is 0.950 bits per heavy atom. The van der Waals surface area contributed by atoms with Crippen LogP contribution in [0.25, 0.3) is 0 Å². The number of benzene rings is 2. The third-order valence-corrected chi connectivity index (χ3v) is 2.43. The first-order valence-corrected chi connectivity index (χ1v) is 5.77. The van der Waals surface area contributed by atoms with Crippen molar-refractivity contribution in [3.8, 4) is 0 Å². The van der Waals surface area contributed by atoms with Gasteiger partial charge >= 0.3 is 6.03 Å². The molecule has 0 bridgehead atoms. The number of carbonyl (C=O) groups excluding carboxylic acids is 1. The molecule has 0 saturated heterocycles. The Balaban J connectivity index is 1.86. The van der Waals surface area contributed by atoms with Gasteiger partial charge in [-0.05, 0) is 24.3 Å². The normalized spacial score (nSPS) is 9.60. The Hall–Kier alpha value is -3.09. The van der Waals surface area contributed by atoms with E-state index in [4.69, 9.17) is 0 Å². The van der Waals surface area contributed by atoms with Crippen molar-refractivity contribution in [2.45, 2.75) is 0 Å². The van der Waals surface area contributed by atoms with Gasteiger partial charge < -0.3 is 5.32 Å². The Labute approximate surface area is 114 Å². The molecule has 20 heavy (non-hydrogen) atoms. The maximum absolute atomic E-state index is 11.6. The van der Waals surface area contributed by atoms with E-state index in [2.05, 4.69) is 16.2 Å². The van der Waals surface area contributed by atoms with Gasteiger partial charge in [-0.3, -0.25) is 21.0 Å². The molecule has 0 radical (unpaired) electrons. The molecule has 2 rings (SSSR count). The summed E-state index contributed by atoms with van der Waals surface area (Å²) < 4.78 is 0. The zero-order valence-electron chi connectivity index (χ0n) is 10.4. The number of carbonyl (C=O) groups is 1. The Bertz CT molecular complexity index is 599. The summed E-state index contributed by atoms with van der Waals surface area (Å²) in [4.78, 5) is 21.6. The number of nitrogens with one attached hydrogen (secondary N) is 3. The van der Waals surface area contributed by atoms with Gasteiger partial charge in [-0.25, -0.2) is 4.79 Å². The van der Waals surface area contributed by atoms with E-state index in [0.717, 1.165) is 5.69 Å². The molecule has 102 valence electrons. The molecular formula is C13H12N4O3. The molecule has 3 N–H and O–H groups in total. The van der Waals surface area contributed by atoms with Crippen LogP contribution in [0.5, 0.6) is 0 Å². The number of anilines is 2. The number of hydrogen-bond acceptors (Lipinski definition) is 4. The first kappa shape index (κ1) is 13.3. The van der Waals surface area contributed by atoms with Gasteiger partial charge in [-0.15, -0.1) is 0 Å². The number of amides is 2. The van der Waals surface area contributed by atoms with Crippen LogP contribution in [0.15, 0.2) is 54.6 Å². The number of nitro benzene ring substituents is 1. The van der Waals surface area contributed by atoms with E-state index in [1.165, 1.54) is 24.3 Å². The van der Waals surface area contributed by atoms with E-state index in [1.54, 1.807) is 12.1 Å². The fourth-order valence-corrected chi connectivity index (χ4v) is 1.48. The molecule has 2 aromatic carbocycles. The third-order valence-electron chi connectivity index (χ3n) is 2.43. The van der Waals surface area contributed by atoms with E-state index in [1.807, 2.05) is 18.2 Å². The molecular weight excluding hydrogens is 260 g/mol. The Morgan fingerprint density at radius 2 is 1.60 bits per heavy atom. The number of hydrogen-bond donors (Lipinski definition) is 3. The van der Waals surface area contributed by atoms with Crippen molar-refractivity contribution in [2.75, 3.05) is 10.7 Å². The molecule has 0 aliphatic carbocycles. The summed E-state index contributed by atoms with van der Waals surface area (Å²) in [6.07, 6.45) is 0. The molecule has 2 aromatic rings. The summed E-state index contributed by atoms with van der Waals surface area (Å²) in [5, 5.41) is 13.0. The van der Waals surface area contributed by atoms with Crippen LogP contribution in [0.1, 0.15) is 0 Å². The maximum atomic E-state index is 11.6. The van der Waals surface area contributed by atoms with Crippen molar-refractivity contribution in [3.63, 3.8) is 0 Å². The molecule has 0 aliphatic heterocycles. The quantitative estimate of drug-likeness (QED) is 0.589. The van der Waals surface area contributed by atoms with Crippen molar-refractivity contribution >= 4 is 23.1 Å². The zero-order chi connectivity index (χ0) is 14.4. The molecule has 2 amide bonds. The van der Waals surface area contributed by atoms with Crippen LogP contribution in [0.2, 0.25) is 0 Å². The molecule has 0 spiro atoms. The highest BCUT2D eigenvalue weighted by Crippen LogP contribution is 2.15. The summed E-state index contributed by atoms with van der Waals surface area (Å²) in [6.45, 7) is 0. The maximum Gasteiger partial charge on any atom is 0.337 e. The van der Waals surface area contributed by atoms with Gasteiger partial charge in [0.25, 0.3) is 5.69 Å². The predicted molar refractivity (Wildman–Crippen MR) is 75.3 cm³/mol. The van der Waals surface area contributed by atoms with Crippen LogP contribution in [0.4, 0.5) is 21.9 Å². The molecule has 0 heterocycles. The summed E-state index contributed by atoms with van der Waals surface area (Å²) >= 11 is 0. The first-order chi connectivity index (χ1) is 9.65. The number of urea groups is 1. The highest BCUT2D eigenvalue weighted by atomic mass is 16.6. The van der Waals surface area contributed by atoms with Gasteiger partial charge in [-0.2, -0.15) is 0 Å². The molecule has 0 fully saturated rings. The lowest BCUT2D eigenvalue weighted by atomic mass is 10.3. The number of hydrazine groups is 1. The van der Waals surface area contributed by atoms with Gasteiger partial charge in [0.05, 0.1) is 10.6 Å². The van der Waals surface area contributed by atoms with Gasteiger partial charge in [0.1, 0.15) is 0 Å². The highest BCUT2D eigenvalue weighted by Gasteiger charge is 2.05. The summed E-state index contributed by atoms with van der Waals surface area (Å²) in [5.74, 6) is 0. The average molecular weight is 272 g/mol. The second-order valence-electron chi connectivity index (χ2n) is 3.87. The van der Waals surface area contributed by atoms with Crippen LogP contribution >= 0.6 is 0 Å². The number of para-hydroxylation sites is 1. The van der Waals surface area contributed by atoms with Crippen molar-refractivity contribution < 1.29 is 9.72 Å². The fraction of sp³-hybridized carbons (Fsp3) is 0. The minimum Gasteiger partial charge on any atom is -0.307 e. The van der Waals surface area contributed by atoms with E-state index >= 15 is 0 Å². The number of nitrogens with zero attached hydrogens (tertiary/aromatic N) is 1. The molecule has 0 unspecified atom stereocenters. The lowest BCUT2D eigenvalue weighted by molar-refractivity contribution is -0.384. The smallest absolute Gasteiger partial charge is 0.307 e. The predicted octanol–water partition coefficient (Wildman–Crippen LogP) is 2.74. The Kier molecular flexibility index (Phi) is 4.13. The minimum atomic E-state index is -0.499. The second-order valence-corrected chi connectivity index (χ2v) is 3.87. The molecule has 0 aliphatic rings. The van der Waals surface area contributed by atoms with E-state index in [9.17, 15) is 14.9 Å². The first-order valence-electron chi connectivity index (χ1n) is 5.77. The van der Waals surface area contributed by atoms with E-state index in [-0.39, 0.29) is 5.69 Å². The molecule has 0 saturated carbocycles. The molecule has 7 heteroatoms. The monoisotopic (exact) mass is 272 g/mol. The number of nitro groups is 1. The minimum absolute atomic E-state index is 0.0293. The third kappa shape index (κ3) is 3.70. The van der Waals surface area contributed by atoms with Gasteiger partial charge in [0, 0.05) is 17.8 Å². The van der Waals surface area contributed by atoms with E-state index < -0.39 is 11.0 Å². The SMILES string of the molecule is O=C(NNc1ccccc1)Nc1ccc([N+](=O)[O-])cc1. The molecule has 7 nitrogen and oxygen atoms in total. The fourth-order valence-electron chi connectivity index (χ4n) is 1.48. The van der Waals surface area contributed by atoms with Crippen molar-refractivity contribution in [1.82, 2.24) is 5.43 Å². The van der Waals surface area contributed by atoms with Crippen LogP contribution in [-0.2, 0) is 0 Å². The van der Waals surface area contributed by atoms with Crippen molar-refractivity contribution in [2.24, 2.45) is 0 Å². The standard InChI is InChI=1S/C13H12N4O3/c18-13(16-15-11-4-2-1-3-5-11)14-10-6-8-12(9-7-10)17(19)20/h1-9,15H,(H2,14,16,18). The molecule has 0 atom stereocenters. The average Bonchev–Trinajstić information content (AvgIpc) is 2.47. The van der Waals surface area contributed by atoms with Gasteiger partial charge in [0.15, 0.2) is 0 Å². The lowest BCUT2D eigenvalue weighted by Crippen LogP contribution is -2.33. The summed E-state index contributed by atoms with van der Waals surface area (Å²) in [6, 6.07) is 14.2. The Morgan fingerprint density at radius 3 is 2.20 bits per heavy atom. The van der Waals surface area contributed by atoms with Crippen molar-refractivity contribution in [1.29, 1.82) is 0 Å². The van der Waals surface area contributed by atoms with Crippen LogP contribution in [0.3, 0.4) is 0 Å².